The summed E-state index contributed by atoms with van der Waals surface area (Å²) in [6.45, 7) is 0.813. The van der Waals surface area contributed by atoms with Crippen molar-refractivity contribution in [3.63, 3.8) is 0 Å². The van der Waals surface area contributed by atoms with Gasteiger partial charge in [0.2, 0.25) is 5.91 Å². The highest BCUT2D eigenvalue weighted by Crippen LogP contribution is 2.54. The number of nitrogens with zero attached hydrogens (tertiary/aromatic N) is 2. The lowest BCUT2D eigenvalue weighted by molar-refractivity contribution is -0.118. The Balaban J connectivity index is 1.69. The second-order valence-corrected chi connectivity index (χ2v) is 8.27. The van der Waals surface area contributed by atoms with Crippen LogP contribution in [0.1, 0.15) is 23.2 Å². The lowest BCUT2D eigenvalue weighted by atomic mass is 10.1. The van der Waals surface area contributed by atoms with Gasteiger partial charge in [0.15, 0.2) is 0 Å². The number of halogens is 2. The summed E-state index contributed by atoms with van der Waals surface area (Å²) in [6, 6.07) is 16.6. The molecule has 1 unspecified atom stereocenters. The number of para-hydroxylation sites is 2. The maximum atomic E-state index is 13.0. The molecule has 1 saturated carbocycles. The van der Waals surface area contributed by atoms with Crippen molar-refractivity contribution in [1.82, 2.24) is 0 Å². The summed E-state index contributed by atoms with van der Waals surface area (Å²) in [6.07, 6.45) is 0.937. The number of hydrogen-bond acceptors (Lipinski definition) is 2. The Morgan fingerprint density at radius 3 is 2.31 bits per heavy atom. The van der Waals surface area contributed by atoms with Gasteiger partial charge >= 0.3 is 0 Å². The molecule has 1 aliphatic heterocycles. The third kappa shape index (κ3) is 3.19. The van der Waals surface area contributed by atoms with Gasteiger partial charge < -0.3 is 9.80 Å². The molecule has 0 bridgehead atoms. The predicted octanol–water partition coefficient (Wildman–Crippen LogP) is 4.26. The Hall–Kier alpha value is -2.04. The molecule has 2 amide bonds. The van der Waals surface area contributed by atoms with E-state index in [2.05, 4.69) is 0 Å². The van der Waals surface area contributed by atoms with Crippen LogP contribution in [0, 0.1) is 5.92 Å². The molecule has 1 fully saturated rings. The van der Waals surface area contributed by atoms with Crippen molar-refractivity contribution in [2.24, 2.45) is 5.92 Å². The van der Waals surface area contributed by atoms with E-state index in [4.69, 9.17) is 23.2 Å². The Kier molecular flexibility index (Phi) is 4.41. The summed E-state index contributed by atoms with van der Waals surface area (Å²) in [5, 5.41) is 0. The van der Waals surface area contributed by atoms with Gasteiger partial charge in [-0.2, -0.15) is 0 Å². The molecule has 6 heteroatoms. The number of benzene rings is 2. The topological polar surface area (TPSA) is 40.6 Å². The molecule has 0 saturated heterocycles. The molecule has 26 heavy (non-hydrogen) atoms. The summed E-state index contributed by atoms with van der Waals surface area (Å²) in [5.41, 5.74) is 2.07. The van der Waals surface area contributed by atoms with Gasteiger partial charge in [0, 0.05) is 31.0 Å². The van der Waals surface area contributed by atoms with Crippen LogP contribution in [-0.2, 0) is 4.79 Å². The molecule has 4 rings (SSSR count). The first kappa shape index (κ1) is 17.4. The number of anilines is 2. The van der Waals surface area contributed by atoms with Crippen LogP contribution in [0.3, 0.4) is 0 Å². The molecule has 4 nitrogen and oxygen atoms in total. The predicted molar refractivity (Wildman–Crippen MR) is 104 cm³/mol. The highest BCUT2D eigenvalue weighted by atomic mass is 35.5. The highest BCUT2D eigenvalue weighted by molar-refractivity contribution is 6.50. The van der Waals surface area contributed by atoms with Crippen LogP contribution in [0.15, 0.2) is 54.6 Å². The number of amides is 2. The van der Waals surface area contributed by atoms with E-state index in [0.29, 0.717) is 25.1 Å². The molecule has 0 spiro atoms. The van der Waals surface area contributed by atoms with E-state index in [1.54, 1.807) is 21.9 Å². The average molecular weight is 389 g/mol. The van der Waals surface area contributed by atoms with Gasteiger partial charge in [-0.1, -0.05) is 30.3 Å². The Labute approximate surface area is 162 Å². The quantitative estimate of drug-likeness (QED) is 0.736. The summed E-state index contributed by atoms with van der Waals surface area (Å²) < 4.78 is -0.749. The van der Waals surface area contributed by atoms with Crippen molar-refractivity contribution in [1.29, 1.82) is 0 Å². The highest BCUT2D eigenvalue weighted by Gasteiger charge is 2.53. The summed E-state index contributed by atoms with van der Waals surface area (Å²) >= 11 is 12.3. The van der Waals surface area contributed by atoms with E-state index in [1.807, 2.05) is 42.5 Å². The maximum absolute atomic E-state index is 13.0. The lowest BCUT2D eigenvalue weighted by Crippen LogP contribution is -2.33. The minimum absolute atomic E-state index is 0.0168. The molecular weight excluding hydrogens is 371 g/mol. The van der Waals surface area contributed by atoms with Crippen molar-refractivity contribution in [2.45, 2.75) is 17.2 Å². The molecule has 1 heterocycles. The lowest BCUT2D eigenvalue weighted by Gasteiger charge is -2.26. The number of hydrogen-bond donors (Lipinski definition) is 0. The largest absolute Gasteiger partial charge is 0.310 e. The normalized spacial score (nSPS) is 21.2. The molecule has 0 radical (unpaired) electrons. The first-order valence-electron chi connectivity index (χ1n) is 8.61. The zero-order valence-electron chi connectivity index (χ0n) is 14.1. The summed E-state index contributed by atoms with van der Waals surface area (Å²) in [4.78, 5) is 29.2. The first-order chi connectivity index (χ1) is 12.5. The fraction of sp³-hybridized carbons (Fsp3) is 0.300. The molecule has 1 atom stereocenters. The van der Waals surface area contributed by atoms with Crippen molar-refractivity contribution in [2.75, 3.05) is 22.9 Å². The Bertz CT molecular complexity index is 854. The maximum Gasteiger partial charge on any atom is 0.258 e. The number of carbonyl (C=O) groups is 2. The van der Waals surface area contributed by atoms with Crippen LogP contribution in [0.4, 0.5) is 11.4 Å². The average Bonchev–Trinajstić information content (AvgIpc) is 3.29. The first-order valence-corrected chi connectivity index (χ1v) is 9.37. The smallest absolute Gasteiger partial charge is 0.258 e. The third-order valence-electron chi connectivity index (χ3n) is 4.94. The van der Waals surface area contributed by atoms with E-state index in [0.717, 1.165) is 11.4 Å². The van der Waals surface area contributed by atoms with Gasteiger partial charge in [-0.05, 0) is 30.7 Å². The van der Waals surface area contributed by atoms with E-state index in [9.17, 15) is 9.59 Å². The number of carbonyl (C=O) groups excluding carboxylic acids is 2. The van der Waals surface area contributed by atoms with Gasteiger partial charge in [0.05, 0.1) is 11.4 Å². The molecule has 2 aromatic rings. The van der Waals surface area contributed by atoms with Gasteiger partial charge in [-0.3, -0.25) is 9.59 Å². The van der Waals surface area contributed by atoms with E-state index in [1.165, 1.54) is 0 Å². The second kappa shape index (κ2) is 6.60. The van der Waals surface area contributed by atoms with Gasteiger partial charge in [-0.15, -0.1) is 23.2 Å². The molecule has 134 valence electrons. The molecule has 0 aromatic heterocycles. The SMILES string of the molecule is O=C1CCN(C(=O)c2ccccc2)c2ccccc2N1CC1CC1(Cl)Cl. The van der Waals surface area contributed by atoms with Gasteiger partial charge in [0.25, 0.3) is 5.91 Å². The summed E-state index contributed by atoms with van der Waals surface area (Å²) in [7, 11) is 0. The summed E-state index contributed by atoms with van der Waals surface area (Å²) in [5.74, 6) is -0.0702. The number of alkyl halides is 2. The van der Waals surface area contributed by atoms with Crippen LogP contribution >= 0.6 is 23.2 Å². The minimum atomic E-state index is -0.749. The molecular formula is C20H18Cl2N2O2. The van der Waals surface area contributed by atoms with Crippen molar-refractivity contribution in [3.05, 3.63) is 60.2 Å². The fourth-order valence-electron chi connectivity index (χ4n) is 3.35. The van der Waals surface area contributed by atoms with Gasteiger partial charge in [0.1, 0.15) is 4.33 Å². The van der Waals surface area contributed by atoms with E-state index < -0.39 is 4.33 Å². The fourth-order valence-corrected chi connectivity index (χ4v) is 3.86. The zero-order valence-corrected chi connectivity index (χ0v) is 15.6. The van der Waals surface area contributed by atoms with Crippen molar-refractivity contribution < 1.29 is 9.59 Å². The van der Waals surface area contributed by atoms with E-state index in [-0.39, 0.29) is 24.2 Å². The van der Waals surface area contributed by atoms with Gasteiger partial charge in [-0.25, -0.2) is 0 Å². The number of rotatable bonds is 3. The zero-order chi connectivity index (χ0) is 18.3. The van der Waals surface area contributed by atoms with Crippen LogP contribution < -0.4 is 9.80 Å². The van der Waals surface area contributed by atoms with Crippen LogP contribution in [-0.4, -0.2) is 29.2 Å². The van der Waals surface area contributed by atoms with Crippen LogP contribution in [0.25, 0.3) is 0 Å². The molecule has 1 aliphatic carbocycles. The third-order valence-corrected chi connectivity index (χ3v) is 5.86. The van der Waals surface area contributed by atoms with Crippen LogP contribution in [0.5, 0.6) is 0 Å². The number of fused-ring (bicyclic) bond motifs is 1. The monoisotopic (exact) mass is 388 g/mol. The van der Waals surface area contributed by atoms with Crippen molar-refractivity contribution >= 4 is 46.4 Å². The molecule has 2 aromatic carbocycles. The minimum Gasteiger partial charge on any atom is -0.310 e. The molecule has 2 aliphatic rings. The standard InChI is InChI=1S/C20H18Cl2N2O2/c21-20(22)12-15(20)13-24-17-9-5-4-8-16(17)23(11-10-18(24)25)19(26)14-6-2-1-3-7-14/h1-9,15H,10-13H2. The second-order valence-electron chi connectivity index (χ2n) is 6.73. The Morgan fingerprint density at radius 2 is 1.65 bits per heavy atom. The van der Waals surface area contributed by atoms with E-state index >= 15 is 0 Å². The Morgan fingerprint density at radius 1 is 1.04 bits per heavy atom. The van der Waals surface area contributed by atoms with Crippen LogP contribution in [0.2, 0.25) is 0 Å². The van der Waals surface area contributed by atoms with Crippen molar-refractivity contribution in [3.8, 4) is 0 Å². The molecule has 0 N–H and O–H groups in total.